The summed E-state index contributed by atoms with van der Waals surface area (Å²) in [5, 5.41) is 0. The Morgan fingerprint density at radius 2 is 1.50 bits per heavy atom. The van der Waals surface area contributed by atoms with Gasteiger partial charge in [0.05, 0.1) is 19.2 Å². The van der Waals surface area contributed by atoms with Crippen molar-refractivity contribution in [1.82, 2.24) is 4.90 Å². The smallest absolute Gasteiger partial charge is 0.222 e. The van der Waals surface area contributed by atoms with E-state index in [1.165, 1.54) is 28.9 Å². The van der Waals surface area contributed by atoms with E-state index >= 15 is 0 Å². The molecule has 0 bridgehead atoms. The molecule has 3 aromatic rings. The van der Waals surface area contributed by atoms with Crippen molar-refractivity contribution in [3.63, 3.8) is 0 Å². The van der Waals surface area contributed by atoms with Crippen molar-refractivity contribution in [2.75, 3.05) is 38.2 Å². The fraction of sp³-hybridized carbons (Fsp3) is 0.321. The fourth-order valence-electron chi connectivity index (χ4n) is 4.01. The van der Waals surface area contributed by atoms with Gasteiger partial charge >= 0.3 is 0 Å². The topological polar surface area (TPSA) is 42.0 Å². The molecular formula is C28H32N2O3S. The van der Waals surface area contributed by atoms with Crippen LogP contribution in [0.25, 0.3) is 0 Å². The molecule has 1 aliphatic rings. The molecule has 1 amide bonds. The average molecular weight is 477 g/mol. The van der Waals surface area contributed by atoms with Crippen molar-refractivity contribution in [2.24, 2.45) is 0 Å². The molecule has 34 heavy (non-hydrogen) atoms. The van der Waals surface area contributed by atoms with Crippen LogP contribution in [-0.4, -0.2) is 44.1 Å². The van der Waals surface area contributed by atoms with E-state index in [-0.39, 0.29) is 5.91 Å². The van der Waals surface area contributed by atoms with Gasteiger partial charge in [-0.3, -0.25) is 4.79 Å². The highest BCUT2D eigenvalue weighted by Crippen LogP contribution is 2.26. The van der Waals surface area contributed by atoms with Crippen LogP contribution in [0.2, 0.25) is 0 Å². The minimum Gasteiger partial charge on any atom is -0.497 e. The first-order valence-corrected chi connectivity index (χ1v) is 12.5. The lowest BCUT2D eigenvalue weighted by Gasteiger charge is -2.36. The SMILES string of the molecule is COc1ccc(CCCC(=O)N2CCN(c3ccc(OSc4ccc(C)cc4)cc3)CC2)cc1. The van der Waals surface area contributed by atoms with Gasteiger partial charge in [0.15, 0.2) is 0 Å². The Kier molecular flexibility index (Phi) is 8.36. The van der Waals surface area contributed by atoms with Crippen molar-refractivity contribution in [3.8, 4) is 11.5 Å². The number of hydrogen-bond donors (Lipinski definition) is 0. The van der Waals surface area contributed by atoms with Gasteiger partial charge in [-0.1, -0.05) is 29.8 Å². The number of aryl methyl sites for hydroxylation is 2. The van der Waals surface area contributed by atoms with E-state index in [4.69, 9.17) is 8.92 Å². The molecule has 4 rings (SSSR count). The number of ether oxygens (including phenoxy) is 1. The van der Waals surface area contributed by atoms with E-state index in [2.05, 4.69) is 60.4 Å². The summed E-state index contributed by atoms with van der Waals surface area (Å²) in [4.78, 5) is 18.1. The highest BCUT2D eigenvalue weighted by Gasteiger charge is 2.21. The Bertz CT molecular complexity index is 1040. The van der Waals surface area contributed by atoms with E-state index in [0.29, 0.717) is 6.42 Å². The molecule has 1 fully saturated rings. The zero-order valence-corrected chi connectivity index (χ0v) is 20.7. The average Bonchev–Trinajstić information content (AvgIpc) is 2.89. The molecule has 5 nitrogen and oxygen atoms in total. The Labute approximate surface area is 206 Å². The third kappa shape index (κ3) is 6.70. The number of piperazine rings is 1. The molecule has 0 N–H and O–H groups in total. The first-order valence-electron chi connectivity index (χ1n) is 11.8. The van der Waals surface area contributed by atoms with Gasteiger partial charge in [-0.2, -0.15) is 0 Å². The molecule has 3 aromatic carbocycles. The summed E-state index contributed by atoms with van der Waals surface area (Å²) in [6, 6.07) is 24.6. The zero-order chi connectivity index (χ0) is 23.8. The molecule has 1 heterocycles. The molecule has 0 aliphatic carbocycles. The summed E-state index contributed by atoms with van der Waals surface area (Å²) >= 11 is 1.37. The van der Waals surface area contributed by atoms with E-state index in [0.717, 1.165) is 55.4 Å². The molecule has 0 radical (unpaired) electrons. The number of carbonyl (C=O) groups excluding carboxylic acids is 1. The summed E-state index contributed by atoms with van der Waals surface area (Å²) in [6.45, 7) is 5.31. The van der Waals surface area contributed by atoms with Gasteiger partial charge in [-0.25, -0.2) is 0 Å². The summed E-state index contributed by atoms with van der Waals surface area (Å²) in [7, 11) is 1.67. The Hall–Kier alpha value is -3.12. The van der Waals surface area contributed by atoms with Crippen LogP contribution >= 0.6 is 12.0 Å². The summed E-state index contributed by atoms with van der Waals surface area (Å²) < 4.78 is 11.0. The third-order valence-electron chi connectivity index (χ3n) is 6.10. The molecule has 178 valence electrons. The van der Waals surface area contributed by atoms with Crippen LogP contribution in [0.15, 0.2) is 77.7 Å². The maximum absolute atomic E-state index is 12.7. The van der Waals surface area contributed by atoms with Crippen LogP contribution in [0.5, 0.6) is 11.5 Å². The highest BCUT2D eigenvalue weighted by molar-refractivity contribution is 7.95. The molecular weight excluding hydrogens is 444 g/mol. The molecule has 6 heteroatoms. The number of rotatable bonds is 9. The summed E-state index contributed by atoms with van der Waals surface area (Å²) in [5.41, 5.74) is 3.64. The lowest BCUT2D eigenvalue weighted by Crippen LogP contribution is -2.48. The van der Waals surface area contributed by atoms with Crippen LogP contribution in [0.3, 0.4) is 0 Å². The number of benzene rings is 3. The van der Waals surface area contributed by atoms with Crippen molar-refractivity contribution >= 4 is 23.6 Å². The number of carbonyl (C=O) groups is 1. The quantitative estimate of drug-likeness (QED) is 0.367. The fourth-order valence-corrected chi connectivity index (χ4v) is 4.56. The first-order chi connectivity index (χ1) is 16.6. The van der Waals surface area contributed by atoms with Crippen LogP contribution in [0.1, 0.15) is 24.0 Å². The van der Waals surface area contributed by atoms with Gasteiger partial charge in [0.1, 0.15) is 11.5 Å². The molecule has 0 spiro atoms. The Balaban J connectivity index is 1.18. The number of anilines is 1. The Morgan fingerprint density at radius 3 is 2.15 bits per heavy atom. The molecule has 0 unspecified atom stereocenters. The van der Waals surface area contributed by atoms with Crippen LogP contribution in [0.4, 0.5) is 5.69 Å². The second kappa shape index (κ2) is 11.8. The zero-order valence-electron chi connectivity index (χ0n) is 19.9. The lowest BCUT2D eigenvalue weighted by atomic mass is 10.1. The van der Waals surface area contributed by atoms with Crippen LogP contribution in [0, 0.1) is 6.92 Å². The van der Waals surface area contributed by atoms with Crippen LogP contribution < -0.4 is 13.8 Å². The lowest BCUT2D eigenvalue weighted by molar-refractivity contribution is -0.131. The minimum absolute atomic E-state index is 0.255. The second-order valence-corrected chi connectivity index (χ2v) is 9.35. The van der Waals surface area contributed by atoms with E-state index < -0.39 is 0 Å². The number of amides is 1. The maximum Gasteiger partial charge on any atom is 0.222 e. The predicted octanol–water partition coefficient (Wildman–Crippen LogP) is 5.76. The van der Waals surface area contributed by atoms with Gasteiger partial charge in [0.2, 0.25) is 5.91 Å². The third-order valence-corrected chi connectivity index (χ3v) is 6.84. The number of nitrogens with zero attached hydrogens (tertiary/aromatic N) is 2. The van der Waals surface area contributed by atoms with E-state index in [1.54, 1.807) is 7.11 Å². The highest BCUT2D eigenvalue weighted by atomic mass is 32.2. The van der Waals surface area contributed by atoms with Gasteiger partial charge in [-0.15, -0.1) is 0 Å². The molecule has 0 aromatic heterocycles. The minimum atomic E-state index is 0.255. The number of methoxy groups -OCH3 is 1. The van der Waals surface area contributed by atoms with Crippen molar-refractivity contribution in [1.29, 1.82) is 0 Å². The summed E-state index contributed by atoms with van der Waals surface area (Å²) in [6.07, 6.45) is 2.37. The van der Waals surface area contributed by atoms with E-state index in [9.17, 15) is 4.79 Å². The largest absolute Gasteiger partial charge is 0.497 e. The number of hydrogen-bond acceptors (Lipinski definition) is 5. The first kappa shape index (κ1) is 24.0. The van der Waals surface area contributed by atoms with Gasteiger partial charge in [0.25, 0.3) is 0 Å². The van der Waals surface area contributed by atoms with Crippen molar-refractivity contribution in [2.45, 2.75) is 31.1 Å². The van der Waals surface area contributed by atoms with Gasteiger partial charge in [-0.05, 0) is 73.9 Å². The van der Waals surface area contributed by atoms with E-state index in [1.807, 2.05) is 29.2 Å². The van der Waals surface area contributed by atoms with Gasteiger partial charge < -0.3 is 18.7 Å². The van der Waals surface area contributed by atoms with Crippen LogP contribution in [-0.2, 0) is 11.2 Å². The monoisotopic (exact) mass is 476 g/mol. The molecule has 1 saturated heterocycles. The second-order valence-electron chi connectivity index (χ2n) is 8.54. The summed E-state index contributed by atoms with van der Waals surface area (Å²) in [5.74, 6) is 1.95. The van der Waals surface area contributed by atoms with Gasteiger partial charge in [0, 0.05) is 43.2 Å². The van der Waals surface area contributed by atoms with Crippen molar-refractivity contribution in [3.05, 3.63) is 83.9 Å². The molecule has 1 aliphatic heterocycles. The Morgan fingerprint density at radius 1 is 0.853 bits per heavy atom. The van der Waals surface area contributed by atoms with Crippen molar-refractivity contribution < 1.29 is 13.7 Å². The molecule has 0 saturated carbocycles. The maximum atomic E-state index is 12.7. The predicted molar refractivity (Wildman–Crippen MR) is 139 cm³/mol. The normalized spacial score (nSPS) is 13.6. The standard InChI is InChI=1S/C28H32N2O3S/c1-22-6-16-27(17-7-22)34-33-26-14-10-24(11-15-26)29-18-20-30(21-19-29)28(31)5-3-4-23-8-12-25(32-2)13-9-23/h6-17H,3-5,18-21H2,1-2H3. The molecule has 0 atom stereocenters.